The zero-order valence-corrected chi connectivity index (χ0v) is 20.5. The number of nitrogens with two attached hydrogens (primary N) is 1. The van der Waals surface area contributed by atoms with E-state index >= 15 is 0 Å². The molecule has 0 radical (unpaired) electrons. The first kappa shape index (κ1) is 25.5. The highest BCUT2D eigenvalue weighted by Crippen LogP contribution is 2.58. The highest BCUT2D eigenvalue weighted by molar-refractivity contribution is 8.24. The number of aromatic nitrogens is 2. The van der Waals surface area contributed by atoms with Gasteiger partial charge in [0, 0.05) is 23.1 Å². The second-order valence-electron chi connectivity index (χ2n) is 8.64. The molecular formula is C26H22F3N5O3S. The van der Waals surface area contributed by atoms with Gasteiger partial charge in [0.2, 0.25) is 0 Å². The van der Waals surface area contributed by atoms with Crippen LogP contribution in [0.2, 0.25) is 0 Å². The summed E-state index contributed by atoms with van der Waals surface area (Å²) >= 11 is 0. The molecule has 8 nitrogen and oxygen atoms in total. The van der Waals surface area contributed by atoms with Crippen LogP contribution >= 0.6 is 10.6 Å². The van der Waals surface area contributed by atoms with Crippen LogP contribution in [-0.2, 0) is 12.6 Å². The summed E-state index contributed by atoms with van der Waals surface area (Å²) in [4.78, 5) is 13.6. The standard InChI is InChI=1S/C26H22F3N5O3S/c27-26(28,29)23-14-22(34(33-23)20-5-1-3-16(13-20)15-31-30)25(35)32-19-9-7-17(8-10-19)21-6-2-4-18-11-12-38(36,37)24(18)21/h1-10,13-15,36-37H,11-12,30H2,(H,32,35). The first-order valence-corrected chi connectivity index (χ1v) is 13.1. The maximum absolute atomic E-state index is 13.5. The topological polar surface area (TPSA) is 126 Å². The van der Waals surface area contributed by atoms with E-state index < -0.39 is 28.4 Å². The van der Waals surface area contributed by atoms with E-state index in [0.717, 1.165) is 10.2 Å². The van der Waals surface area contributed by atoms with Crippen LogP contribution in [0.5, 0.6) is 0 Å². The Balaban J connectivity index is 1.45. The van der Waals surface area contributed by atoms with E-state index in [1.165, 1.54) is 18.3 Å². The van der Waals surface area contributed by atoms with E-state index in [1.807, 2.05) is 12.1 Å². The third kappa shape index (κ3) is 4.88. The number of benzene rings is 3. The van der Waals surface area contributed by atoms with E-state index in [2.05, 4.69) is 15.5 Å². The van der Waals surface area contributed by atoms with E-state index in [9.17, 15) is 27.1 Å². The van der Waals surface area contributed by atoms with Gasteiger partial charge in [-0.25, -0.2) is 4.68 Å². The average Bonchev–Trinajstić information content (AvgIpc) is 3.47. The predicted octanol–water partition coefficient (Wildman–Crippen LogP) is 5.77. The van der Waals surface area contributed by atoms with Crippen LogP contribution in [0.3, 0.4) is 0 Å². The smallest absolute Gasteiger partial charge is 0.323 e. The highest BCUT2D eigenvalue weighted by Gasteiger charge is 2.36. The molecule has 1 aliphatic heterocycles. The Hall–Kier alpha value is -4.13. The van der Waals surface area contributed by atoms with Crippen molar-refractivity contribution < 1.29 is 27.1 Å². The molecule has 0 fully saturated rings. The maximum atomic E-state index is 13.5. The Morgan fingerprint density at radius 2 is 1.82 bits per heavy atom. The van der Waals surface area contributed by atoms with Crippen LogP contribution in [0.4, 0.5) is 18.9 Å². The average molecular weight is 542 g/mol. The lowest BCUT2D eigenvalue weighted by Gasteiger charge is -2.29. The van der Waals surface area contributed by atoms with Crippen molar-refractivity contribution in [2.75, 3.05) is 11.1 Å². The van der Waals surface area contributed by atoms with Crippen molar-refractivity contribution in [2.24, 2.45) is 10.9 Å². The number of nitrogens with zero attached hydrogens (tertiary/aromatic N) is 3. The second kappa shape index (κ2) is 9.63. The van der Waals surface area contributed by atoms with Gasteiger partial charge >= 0.3 is 6.18 Å². The first-order valence-electron chi connectivity index (χ1n) is 11.4. The SMILES string of the molecule is NN=Cc1cccc(-n2nc(C(F)(F)F)cc2C(=O)Nc2ccc(-c3cccc4c3S(O)(O)CC4)cc2)c1. The van der Waals surface area contributed by atoms with Crippen molar-refractivity contribution in [3.8, 4) is 16.8 Å². The summed E-state index contributed by atoms with van der Waals surface area (Å²) in [7, 11) is -2.88. The fourth-order valence-electron chi connectivity index (χ4n) is 4.38. The molecule has 0 aliphatic carbocycles. The Morgan fingerprint density at radius 3 is 2.53 bits per heavy atom. The Bertz CT molecular complexity index is 1550. The molecule has 0 atom stereocenters. The number of amides is 1. The largest absolute Gasteiger partial charge is 0.435 e. The number of alkyl halides is 3. The molecular weight excluding hydrogens is 519 g/mol. The second-order valence-corrected chi connectivity index (χ2v) is 10.8. The van der Waals surface area contributed by atoms with Gasteiger partial charge in [-0.3, -0.25) is 13.9 Å². The number of hydrogen-bond acceptors (Lipinski definition) is 6. The monoisotopic (exact) mass is 541 g/mol. The number of carbonyl (C=O) groups is 1. The molecule has 12 heteroatoms. The summed E-state index contributed by atoms with van der Waals surface area (Å²) in [5, 5.41) is 9.65. The molecule has 5 rings (SSSR count). The lowest BCUT2D eigenvalue weighted by Crippen LogP contribution is -2.17. The lowest BCUT2D eigenvalue weighted by atomic mass is 10.0. The lowest BCUT2D eigenvalue weighted by molar-refractivity contribution is -0.141. The van der Waals surface area contributed by atoms with Crippen LogP contribution in [0.1, 0.15) is 27.3 Å². The molecule has 5 N–H and O–H groups in total. The summed E-state index contributed by atoms with van der Waals surface area (Å²) in [6.45, 7) is 0. The molecule has 0 bridgehead atoms. The van der Waals surface area contributed by atoms with E-state index in [4.69, 9.17) is 5.84 Å². The predicted molar refractivity (Wildman–Crippen MR) is 140 cm³/mol. The molecule has 3 aromatic carbocycles. The Kier molecular flexibility index (Phi) is 6.47. The zero-order chi connectivity index (χ0) is 27.1. The quantitative estimate of drug-likeness (QED) is 0.145. The highest BCUT2D eigenvalue weighted by atomic mass is 32.3. The number of hydrazone groups is 1. The van der Waals surface area contributed by atoms with Gasteiger partial charge in [0.05, 0.1) is 16.8 Å². The van der Waals surface area contributed by atoms with Gasteiger partial charge in [-0.15, -0.1) is 0 Å². The van der Waals surface area contributed by atoms with Gasteiger partial charge in [0.25, 0.3) is 5.91 Å². The molecule has 38 heavy (non-hydrogen) atoms. The summed E-state index contributed by atoms with van der Waals surface area (Å²) in [6.07, 6.45) is -2.86. The van der Waals surface area contributed by atoms with Gasteiger partial charge in [0.15, 0.2) is 5.69 Å². The van der Waals surface area contributed by atoms with Gasteiger partial charge < -0.3 is 11.2 Å². The molecule has 0 unspecified atom stereocenters. The summed E-state index contributed by atoms with van der Waals surface area (Å²) in [6, 6.07) is 19.0. The third-order valence-electron chi connectivity index (χ3n) is 6.10. The number of fused-ring (bicyclic) bond motifs is 1. The number of hydrogen-bond donors (Lipinski definition) is 4. The van der Waals surface area contributed by atoms with Crippen LogP contribution in [0.25, 0.3) is 16.8 Å². The van der Waals surface area contributed by atoms with Crippen molar-refractivity contribution in [3.63, 3.8) is 0 Å². The molecule has 1 amide bonds. The van der Waals surface area contributed by atoms with Crippen LogP contribution in [0, 0.1) is 0 Å². The van der Waals surface area contributed by atoms with Crippen molar-refractivity contribution in [1.82, 2.24) is 9.78 Å². The van der Waals surface area contributed by atoms with Crippen LogP contribution < -0.4 is 11.2 Å². The van der Waals surface area contributed by atoms with E-state index in [0.29, 0.717) is 39.8 Å². The molecule has 1 aliphatic rings. The minimum Gasteiger partial charge on any atom is -0.323 e. The minimum absolute atomic E-state index is 0.218. The summed E-state index contributed by atoms with van der Waals surface area (Å²) in [5.41, 5.74) is 1.82. The number of nitrogens with one attached hydrogen (secondary N) is 1. The van der Waals surface area contributed by atoms with Gasteiger partial charge in [0.1, 0.15) is 5.69 Å². The molecule has 0 spiro atoms. The Labute approximate surface area is 217 Å². The van der Waals surface area contributed by atoms with Gasteiger partial charge in [-0.05, 0) is 47.4 Å². The van der Waals surface area contributed by atoms with Crippen molar-refractivity contribution in [3.05, 3.63) is 95.3 Å². The summed E-state index contributed by atoms with van der Waals surface area (Å²) in [5.74, 6) is 4.66. The normalized spacial score (nSPS) is 15.4. The Morgan fingerprint density at radius 1 is 1.08 bits per heavy atom. The molecule has 2 heterocycles. The molecule has 1 aromatic heterocycles. The fraction of sp³-hybridized carbons (Fsp3) is 0.115. The first-order chi connectivity index (χ1) is 18.1. The van der Waals surface area contributed by atoms with Crippen LogP contribution in [-0.4, -0.2) is 36.8 Å². The van der Waals surface area contributed by atoms with Gasteiger partial charge in [-0.1, -0.05) is 42.5 Å². The van der Waals surface area contributed by atoms with Gasteiger partial charge in [-0.2, -0.15) is 34.0 Å². The zero-order valence-electron chi connectivity index (χ0n) is 19.7. The number of carbonyl (C=O) groups excluding carboxylic acids is 1. The van der Waals surface area contributed by atoms with Crippen molar-refractivity contribution in [1.29, 1.82) is 0 Å². The molecule has 0 saturated carbocycles. The number of anilines is 1. The number of halogens is 3. The fourth-order valence-corrected chi connectivity index (χ4v) is 6.22. The van der Waals surface area contributed by atoms with Crippen molar-refractivity contribution in [2.45, 2.75) is 17.5 Å². The number of aryl methyl sites for hydroxylation is 1. The molecule has 4 aromatic rings. The van der Waals surface area contributed by atoms with Crippen molar-refractivity contribution >= 4 is 28.4 Å². The van der Waals surface area contributed by atoms with Crippen LogP contribution in [0.15, 0.2) is 82.8 Å². The molecule has 0 saturated heterocycles. The van der Waals surface area contributed by atoms with E-state index in [-0.39, 0.29) is 17.1 Å². The van der Waals surface area contributed by atoms with E-state index in [1.54, 1.807) is 42.5 Å². The maximum Gasteiger partial charge on any atom is 0.435 e. The minimum atomic E-state index is -4.76. The molecule has 196 valence electrons. The number of rotatable bonds is 5. The summed E-state index contributed by atoms with van der Waals surface area (Å²) < 4.78 is 62.3. The third-order valence-corrected chi connectivity index (χ3v) is 8.01.